The number of allylic oxidation sites excluding steroid dienone is 1. The first-order chi connectivity index (χ1) is 22.8. The van der Waals surface area contributed by atoms with E-state index in [0.29, 0.717) is 32.4 Å². The number of aliphatic hydroxyl groups is 1. The quantitative estimate of drug-likeness (QED) is 0.227. The number of likely N-dealkylation sites (tertiary alicyclic amines) is 1. The van der Waals surface area contributed by atoms with Crippen molar-refractivity contribution in [2.24, 2.45) is 17.3 Å². The van der Waals surface area contributed by atoms with Gasteiger partial charge in [0.15, 0.2) is 0 Å². The second-order valence-corrected chi connectivity index (χ2v) is 15.5. The Morgan fingerprint density at radius 1 is 0.958 bits per heavy atom. The van der Waals surface area contributed by atoms with Crippen LogP contribution in [0.3, 0.4) is 0 Å². The number of benzene rings is 1. The zero-order valence-corrected chi connectivity index (χ0v) is 29.2. The van der Waals surface area contributed by atoms with E-state index in [4.69, 9.17) is 9.47 Å². The van der Waals surface area contributed by atoms with Crippen LogP contribution in [0.25, 0.3) is 0 Å². The number of nitrogens with one attached hydrogen (secondary N) is 1. The normalized spacial score (nSPS) is 30.4. The van der Waals surface area contributed by atoms with Gasteiger partial charge in [0, 0.05) is 31.7 Å². The van der Waals surface area contributed by atoms with Crippen LogP contribution in [0.15, 0.2) is 54.6 Å². The SMILES string of the molecule is CC(C)(C)CC(C)(C)N1CC=C[C@]23O[C@@H]4/C=C\CCC(=O)OC[C@@H](c5ccccc5)NC(=O)[C@@H]4[C@H]2C(=O)N(CCCCCCO)[C@@H]3C1=O. The van der Waals surface area contributed by atoms with Crippen molar-refractivity contribution in [1.82, 2.24) is 15.1 Å². The molecule has 48 heavy (non-hydrogen) atoms. The number of hydrogen-bond donors (Lipinski definition) is 2. The van der Waals surface area contributed by atoms with Crippen LogP contribution < -0.4 is 5.32 Å². The molecule has 4 aliphatic heterocycles. The van der Waals surface area contributed by atoms with E-state index in [1.165, 1.54) is 0 Å². The van der Waals surface area contributed by atoms with Gasteiger partial charge in [-0.05, 0) is 50.5 Å². The van der Waals surface area contributed by atoms with E-state index in [1.807, 2.05) is 47.4 Å². The monoisotopic (exact) mass is 663 g/mol. The molecule has 0 saturated carbocycles. The topological polar surface area (TPSA) is 125 Å². The molecule has 4 aliphatic rings. The molecule has 0 radical (unpaired) electrons. The molecule has 1 aromatic rings. The summed E-state index contributed by atoms with van der Waals surface area (Å²) < 4.78 is 12.4. The summed E-state index contributed by atoms with van der Waals surface area (Å²) in [5.74, 6) is -3.03. The molecule has 2 fully saturated rings. The molecule has 0 aromatic heterocycles. The summed E-state index contributed by atoms with van der Waals surface area (Å²) in [6.45, 7) is 11.4. The Balaban J connectivity index is 1.56. The smallest absolute Gasteiger partial charge is 0.306 e. The molecule has 0 unspecified atom stereocenters. The number of ether oxygens (including phenoxy) is 2. The van der Waals surface area contributed by atoms with Crippen molar-refractivity contribution in [2.75, 3.05) is 26.3 Å². The molecule has 1 aromatic carbocycles. The highest BCUT2D eigenvalue weighted by molar-refractivity contribution is 6.00. The minimum atomic E-state index is -1.35. The molecular formula is C38H53N3O7. The number of rotatable bonds is 9. The third-order valence-corrected chi connectivity index (χ3v) is 10.1. The highest BCUT2D eigenvalue weighted by Crippen LogP contribution is 2.53. The summed E-state index contributed by atoms with van der Waals surface area (Å²) in [6.07, 6.45) is 10.9. The van der Waals surface area contributed by atoms with Crippen molar-refractivity contribution in [1.29, 1.82) is 0 Å². The van der Waals surface area contributed by atoms with Crippen molar-refractivity contribution in [3.05, 3.63) is 60.2 Å². The van der Waals surface area contributed by atoms with Gasteiger partial charge < -0.3 is 29.7 Å². The van der Waals surface area contributed by atoms with Crippen LogP contribution in [0, 0.1) is 17.3 Å². The predicted molar refractivity (Wildman–Crippen MR) is 181 cm³/mol. The van der Waals surface area contributed by atoms with Gasteiger partial charge in [-0.3, -0.25) is 19.2 Å². The second-order valence-electron chi connectivity index (χ2n) is 15.5. The second kappa shape index (κ2) is 14.5. The highest BCUT2D eigenvalue weighted by atomic mass is 16.5. The van der Waals surface area contributed by atoms with E-state index in [-0.39, 0.29) is 48.7 Å². The average molecular weight is 664 g/mol. The zero-order chi connectivity index (χ0) is 34.7. The lowest BCUT2D eigenvalue weighted by molar-refractivity contribution is -0.152. The number of esters is 1. The molecule has 262 valence electrons. The summed E-state index contributed by atoms with van der Waals surface area (Å²) in [5, 5.41) is 12.4. The van der Waals surface area contributed by atoms with Crippen molar-refractivity contribution in [3.8, 4) is 0 Å². The van der Waals surface area contributed by atoms with E-state index < -0.39 is 41.2 Å². The van der Waals surface area contributed by atoms with Crippen LogP contribution in [0.1, 0.15) is 91.2 Å². The van der Waals surface area contributed by atoms with Gasteiger partial charge in [-0.15, -0.1) is 0 Å². The molecule has 1 spiro atoms. The van der Waals surface area contributed by atoms with Crippen molar-refractivity contribution < 1.29 is 33.8 Å². The Kier molecular flexibility index (Phi) is 10.8. The fraction of sp³-hybridized carbons (Fsp3) is 0.632. The number of amides is 3. The molecule has 10 nitrogen and oxygen atoms in total. The van der Waals surface area contributed by atoms with E-state index in [9.17, 15) is 24.3 Å². The zero-order valence-electron chi connectivity index (χ0n) is 29.2. The van der Waals surface area contributed by atoms with Crippen LogP contribution in [0.4, 0.5) is 0 Å². The Labute approximate surface area is 284 Å². The number of fused-ring (bicyclic) bond motifs is 2. The highest BCUT2D eigenvalue weighted by Gasteiger charge is 2.71. The van der Waals surface area contributed by atoms with Gasteiger partial charge in [-0.2, -0.15) is 0 Å². The van der Waals surface area contributed by atoms with Gasteiger partial charge in [0.05, 0.1) is 24.0 Å². The maximum Gasteiger partial charge on any atom is 0.306 e. The summed E-state index contributed by atoms with van der Waals surface area (Å²) in [6, 6.07) is 7.76. The number of aliphatic hydroxyl groups excluding tert-OH is 1. The number of nitrogens with zero attached hydrogens (tertiary/aromatic N) is 2. The van der Waals surface area contributed by atoms with Gasteiger partial charge in [0.2, 0.25) is 17.7 Å². The first-order valence-corrected chi connectivity index (χ1v) is 17.5. The van der Waals surface area contributed by atoms with Gasteiger partial charge in [0.25, 0.3) is 0 Å². The molecule has 0 bridgehead atoms. The molecule has 2 saturated heterocycles. The van der Waals surface area contributed by atoms with Crippen molar-refractivity contribution in [2.45, 2.75) is 109 Å². The van der Waals surface area contributed by atoms with Crippen molar-refractivity contribution >= 4 is 23.7 Å². The number of cyclic esters (lactones) is 1. The Morgan fingerprint density at radius 2 is 1.69 bits per heavy atom. The molecule has 4 heterocycles. The molecule has 10 heteroatoms. The Morgan fingerprint density at radius 3 is 2.40 bits per heavy atom. The average Bonchev–Trinajstić information content (AvgIpc) is 3.39. The van der Waals surface area contributed by atoms with E-state index >= 15 is 0 Å². The summed E-state index contributed by atoms with van der Waals surface area (Å²) in [4.78, 5) is 60.1. The molecule has 2 N–H and O–H groups in total. The number of carbonyl (C=O) groups is 4. The fourth-order valence-corrected chi connectivity index (χ4v) is 8.36. The number of hydrogen-bond acceptors (Lipinski definition) is 7. The molecular weight excluding hydrogens is 610 g/mol. The molecule has 3 amide bonds. The third kappa shape index (κ3) is 7.39. The van der Waals surface area contributed by atoms with Crippen molar-refractivity contribution in [3.63, 3.8) is 0 Å². The summed E-state index contributed by atoms with van der Waals surface area (Å²) in [5.41, 5.74) is -1.14. The van der Waals surface area contributed by atoms with Gasteiger partial charge >= 0.3 is 5.97 Å². The van der Waals surface area contributed by atoms with Gasteiger partial charge in [-0.25, -0.2) is 0 Å². The third-order valence-electron chi connectivity index (χ3n) is 10.1. The minimum absolute atomic E-state index is 0.0426. The first kappa shape index (κ1) is 35.8. The summed E-state index contributed by atoms with van der Waals surface area (Å²) >= 11 is 0. The Hall–Kier alpha value is -3.50. The van der Waals surface area contributed by atoms with Crippen LogP contribution in [0.5, 0.6) is 0 Å². The van der Waals surface area contributed by atoms with Crippen LogP contribution in [-0.2, 0) is 28.7 Å². The van der Waals surface area contributed by atoms with Crippen LogP contribution in [0.2, 0.25) is 0 Å². The maximum absolute atomic E-state index is 14.9. The lowest BCUT2D eigenvalue weighted by Crippen LogP contribution is -2.59. The Bertz CT molecular complexity index is 1400. The number of carbonyl (C=O) groups excluding carboxylic acids is 4. The molecule has 6 atom stereocenters. The van der Waals surface area contributed by atoms with Crippen LogP contribution >= 0.6 is 0 Å². The van der Waals surface area contributed by atoms with E-state index in [0.717, 1.165) is 24.8 Å². The lowest BCUT2D eigenvalue weighted by Gasteiger charge is -2.44. The largest absolute Gasteiger partial charge is 0.463 e. The van der Waals surface area contributed by atoms with E-state index in [2.05, 4.69) is 39.9 Å². The van der Waals surface area contributed by atoms with Crippen LogP contribution in [-0.4, -0.2) is 88.2 Å². The molecule has 0 aliphatic carbocycles. The fourth-order valence-electron chi connectivity index (χ4n) is 8.36. The van der Waals surface area contributed by atoms with Gasteiger partial charge in [0.1, 0.15) is 18.2 Å². The number of unbranched alkanes of at least 4 members (excludes halogenated alkanes) is 3. The standard InChI is InChI=1S/C38H53N3O7/c1-36(2,3)25-37(4,5)41-22-15-20-38-31(34(45)40(32(38)35(41)46)21-13-6-7-14-23-42)30-28(48-38)18-11-12-19-29(43)47-24-27(39-33(30)44)26-16-9-8-10-17-26/h8-11,15-18,20,27-28,30-32,42H,6-7,12-14,19,21-25H2,1-5H3,(H,39,44)/b18-11-/t27-,28+,30-,31-,32+,38-/m0/s1. The molecule has 5 rings (SSSR count). The maximum atomic E-state index is 14.9. The van der Waals surface area contributed by atoms with Gasteiger partial charge in [-0.1, -0.05) is 88.2 Å². The lowest BCUT2D eigenvalue weighted by atomic mass is 9.77. The minimum Gasteiger partial charge on any atom is -0.463 e. The summed E-state index contributed by atoms with van der Waals surface area (Å²) in [7, 11) is 0. The predicted octanol–water partition coefficient (Wildman–Crippen LogP) is 4.48. The van der Waals surface area contributed by atoms with E-state index in [1.54, 1.807) is 17.1 Å². The first-order valence-electron chi connectivity index (χ1n) is 17.5.